The van der Waals surface area contributed by atoms with Crippen molar-refractivity contribution >= 4 is 0 Å². The standard InChI is InChI=1S/C15H27N/c1-10(16)14(2,3)15-7-11-4-12(8-15)6-13(5-11)9-15/h10-13H,4-9,16H2,1-3H3. The number of nitrogens with two attached hydrogens (primary N) is 1. The highest BCUT2D eigenvalue weighted by Gasteiger charge is 2.57. The molecule has 1 nitrogen and oxygen atoms in total. The molecule has 1 unspecified atom stereocenters. The molecule has 4 saturated carbocycles. The molecule has 0 spiro atoms. The summed E-state index contributed by atoms with van der Waals surface area (Å²) in [6.07, 6.45) is 9.05. The number of rotatable bonds is 2. The molecular formula is C15H27N. The van der Waals surface area contributed by atoms with Crippen molar-refractivity contribution in [3.05, 3.63) is 0 Å². The van der Waals surface area contributed by atoms with Gasteiger partial charge in [0.15, 0.2) is 0 Å². The van der Waals surface area contributed by atoms with E-state index < -0.39 is 0 Å². The molecule has 1 atom stereocenters. The lowest BCUT2D eigenvalue weighted by Gasteiger charge is -2.63. The summed E-state index contributed by atoms with van der Waals surface area (Å²) < 4.78 is 0. The Morgan fingerprint density at radius 1 is 1.00 bits per heavy atom. The highest BCUT2D eigenvalue weighted by atomic mass is 14.7. The van der Waals surface area contributed by atoms with Crippen molar-refractivity contribution in [1.29, 1.82) is 0 Å². The molecule has 0 heterocycles. The van der Waals surface area contributed by atoms with Crippen LogP contribution in [-0.2, 0) is 0 Å². The summed E-state index contributed by atoms with van der Waals surface area (Å²) in [6, 6.07) is 0.337. The van der Waals surface area contributed by atoms with E-state index in [1.807, 2.05) is 0 Å². The first-order valence-corrected chi connectivity index (χ1v) is 7.18. The van der Waals surface area contributed by atoms with Gasteiger partial charge in [0.05, 0.1) is 0 Å². The predicted molar refractivity (Wildman–Crippen MR) is 68.0 cm³/mol. The monoisotopic (exact) mass is 221 g/mol. The molecule has 4 aliphatic rings. The molecule has 0 radical (unpaired) electrons. The van der Waals surface area contributed by atoms with E-state index in [9.17, 15) is 0 Å². The van der Waals surface area contributed by atoms with Crippen molar-refractivity contribution < 1.29 is 0 Å². The summed E-state index contributed by atoms with van der Waals surface area (Å²) in [5.41, 5.74) is 7.22. The summed E-state index contributed by atoms with van der Waals surface area (Å²) in [4.78, 5) is 0. The Balaban J connectivity index is 1.94. The fourth-order valence-corrected chi connectivity index (χ4v) is 5.38. The molecule has 92 valence electrons. The van der Waals surface area contributed by atoms with Crippen LogP contribution in [0.15, 0.2) is 0 Å². The van der Waals surface area contributed by atoms with Crippen molar-refractivity contribution in [1.82, 2.24) is 0 Å². The van der Waals surface area contributed by atoms with Gasteiger partial charge in [-0.3, -0.25) is 0 Å². The molecule has 4 aliphatic carbocycles. The zero-order valence-corrected chi connectivity index (χ0v) is 11.1. The number of hydrogen-bond donors (Lipinski definition) is 1. The summed E-state index contributed by atoms with van der Waals surface area (Å²) in [5, 5.41) is 0. The van der Waals surface area contributed by atoms with Gasteiger partial charge in [0.2, 0.25) is 0 Å². The lowest BCUT2D eigenvalue weighted by atomic mass is 9.42. The lowest BCUT2D eigenvalue weighted by Crippen LogP contribution is -2.57. The largest absolute Gasteiger partial charge is 0.327 e. The molecular weight excluding hydrogens is 194 g/mol. The van der Waals surface area contributed by atoms with Crippen LogP contribution in [0.2, 0.25) is 0 Å². The molecule has 0 aromatic heterocycles. The van der Waals surface area contributed by atoms with E-state index in [1.165, 1.54) is 38.5 Å². The fourth-order valence-electron chi connectivity index (χ4n) is 5.38. The van der Waals surface area contributed by atoms with Gasteiger partial charge < -0.3 is 5.73 Å². The highest BCUT2D eigenvalue weighted by Crippen LogP contribution is 2.66. The van der Waals surface area contributed by atoms with Crippen LogP contribution in [0, 0.1) is 28.6 Å². The lowest BCUT2D eigenvalue weighted by molar-refractivity contribution is -0.125. The predicted octanol–water partition coefficient (Wildman–Crippen LogP) is 3.58. The van der Waals surface area contributed by atoms with Gasteiger partial charge in [-0.1, -0.05) is 13.8 Å². The van der Waals surface area contributed by atoms with Gasteiger partial charge in [-0.15, -0.1) is 0 Å². The minimum Gasteiger partial charge on any atom is -0.327 e. The Bertz CT molecular complexity index is 255. The molecule has 4 rings (SSSR count). The maximum atomic E-state index is 6.29. The molecule has 0 aliphatic heterocycles. The SMILES string of the molecule is CC(N)C(C)(C)C12CC3CC(CC(C3)C1)C2. The molecule has 0 amide bonds. The maximum absolute atomic E-state index is 6.29. The summed E-state index contributed by atoms with van der Waals surface area (Å²) in [7, 11) is 0. The van der Waals surface area contributed by atoms with Crippen molar-refractivity contribution in [3.63, 3.8) is 0 Å². The van der Waals surface area contributed by atoms with Crippen molar-refractivity contribution in [2.24, 2.45) is 34.3 Å². The van der Waals surface area contributed by atoms with E-state index in [1.54, 1.807) is 0 Å². The first kappa shape index (κ1) is 11.1. The second-order valence-electron chi connectivity index (χ2n) is 7.71. The van der Waals surface area contributed by atoms with Crippen LogP contribution in [0.25, 0.3) is 0 Å². The third-order valence-corrected chi connectivity index (χ3v) is 6.54. The zero-order chi connectivity index (χ0) is 11.6. The summed E-state index contributed by atoms with van der Waals surface area (Å²) in [5.74, 6) is 3.14. The average Bonchev–Trinajstić information content (AvgIpc) is 2.14. The minimum absolute atomic E-state index is 0.336. The molecule has 4 bridgehead atoms. The minimum atomic E-state index is 0.336. The molecule has 1 heteroatoms. The zero-order valence-electron chi connectivity index (χ0n) is 11.1. The molecule has 0 aromatic rings. The van der Waals surface area contributed by atoms with E-state index in [0.717, 1.165) is 17.8 Å². The third kappa shape index (κ3) is 1.33. The van der Waals surface area contributed by atoms with Crippen LogP contribution in [0.5, 0.6) is 0 Å². The van der Waals surface area contributed by atoms with Gasteiger partial charge >= 0.3 is 0 Å². The first-order chi connectivity index (χ1) is 7.43. The van der Waals surface area contributed by atoms with Crippen LogP contribution >= 0.6 is 0 Å². The van der Waals surface area contributed by atoms with Crippen molar-refractivity contribution in [2.75, 3.05) is 0 Å². The smallest absolute Gasteiger partial charge is 0.00670 e. The van der Waals surface area contributed by atoms with Crippen LogP contribution < -0.4 is 5.73 Å². The second kappa shape index (κ2) is 3.25. The highest BCUT2D eigenvalue weighted by molar-refractivity contribution is 5.08. The van der Waals surface area contributed by atoms with Gasteiger partial charge in [0.25, 0.3) is 0 Å². The normalized spacial score (nSPS) is 48.4. The van der Waals surface area contributed by atoms with Gasteiger partial charge in [-0.05, 0) is 74.0 Å². The molecule has 2 N–H and O–H groups in total. The topological polar surface area (TPSA) is 26.0 Å². The van der Waals surface area contributed by atoms with Crippen LogP contribution in [0.1, 0.15) is 59.3 Å². The number of hydrogen-bond acceptors (Lipinski definition) is 1. The Kier molecular flexibility index (Phi) is 2.25. The third-order valence-electron chi connectivity index (χ3n) is 6.54. The summed E-state index contributed by atoms with van der Waals surface area (Å²) >= 11 is 0. The van der Waals surface area contributed by atoms with Gasteiger partial charge in [0, 0.05) is 6.04 Å². The molecule has 16 heavy (non-hydrogen) atoms. The Morgan fingerprint density at radius 3 is 1.69 bits per heavy atom. The van der Waals surface area contributed by atoms with E-state index in [-0.39, 0.29) is 0 Å². The van der Waals surface area contributed by atoms with Crippen molar-refractivity contribution in [2.45, 2.75) is 65.3 Å². The Morgan fingerprint density at radius 2 is 1.38 bits per heavy atom. The first-order valence-electron chi connectivity index (χ1n) is 7.18. The Labute approximate surface area is 100 Å². The van der Waals surface area contributed by atoms with E-state index in [4.69, 9.17) is 5.73 Å². The average molecular weight is 221 g/mol. The van der Waals surface area contributed by atoms with Crippen LogP contribution in [0.4, 0.5) is 0 Å². The van der Waals surface area contributed by atoms with Crippen molar-refractivity contribution in [3.8, 4) is 0 Å². The van der Waals surface area contributed by atoms with Gasteiger partial charge in [-0.2, -0.15) is 0 Å². The molecule has 0 saturated heterocycles. The Hall–Kier alpha value is -0.0400. The second-order valence-corrected chi connectivity index (χ2v) is 7.71. The van der Waals surface area contributed by atoms with Crippen LogP contribution in [-0.4, -0.2) is 6.04 Å². The van der Waals surface area contributed by atoms with E-state index in [0.29, 0.717) is 16.9 Å². The molecule has 0 aromatic carbocycles. The van der Waals surface area contributed by atoms with E-state index in [2.05, 4.69) is 20.8 Å². The fraction of sp³-hybridized carbons (Fsp3) is 1.00. The quantitative estimate of drug-likeness (QED) is 0.758. The summed E-state index contributed by atoms with van der Waals surface area (Å²) in [6.45, 7) is 7.09. The maximum Gasteiger partial charge on any atom is 0.00670 e. The van der Waals surface area contributed by atoms with Crippen LogP contribution in [0.3, 0.4) is 0 Å². The molecule has 4 fully saturated rings. The van der Waals surface area contributed by atoms with Gasteiger partial charge in [-0.25, -0.2) is 0 Å². The van der Waals surface area contributed by atoms with E-state index >= 15 is 0 Å². The van der Waals surface area contributed by atoms with Gasteiger partial charge in [0.1, 0.15) is 0 Å².